The summed E-state index contributed by atoms with van der Waals surface area (Å²) in [6.45, 7) is 5.85. The summed E-state index contributed by atoms with van der Waals surface area (Å²) in [6.07, 6.45) is 3.26. The van der Waals surface area contributed by atoms with Crippen LogP contribution in [0, 0.1) is 12.3 Å². The Labute approximate surface area is 128 Å². The maximum absolute atomic E-state index is 12.1. The number of hydrogen-bond acceptors (Lipinski definition) is 5. The number of aromatic nitrogens is 2. The summed E-state index contributed by atoms with van der Waals surface area (Å²) < 4.78 is 28.4. The van der Waals surface area contributed by atoms with Gasteiger partial charge in [-0.15, -0.1) is 0 Å². The van der Waals surface area contributed by atoms with Crippen molar-refractivity contribution in [1.29, 1.82) is 0 Å². The van der Waals surface area contributed by atoms with Crippen molar-refractivity contribution < 1.29 is 17.9 Å². The van der Waals surface area contributed by atoms with Crippen LogP contribution in [0.15, 0.2) is 4.90 Å². The van der Waals surface area contributed by atoms with Crippen LogP contribution in [0.2, 0.25) is 0 Å². The van der Waals surface area contributed by atoms with E-state index in [1.165, 1.54) is 6.92 Å². The van der Waals surface area contributed by atoms with E-state index in [1.54, 1.807) is 0 Å². The summed E-state index contributed by atoms with van der Waals surface area (Å²) in [7, 11) is 1.29. The summed E-state index contributed by atoms with van der Waals surface area (Å²) in [5, 5.41) is 6.17. The summed E-state index contributed by atoms with van der Waals surface area (Å²) in [5.41, 5.74) is 0.213. The van der Waals surface area contributed by atoms with Gasteiger partial charge in [-0.25, -0.2) is 13.2 Å². The first kappa shape index (κ1) is 16.3. The van der Waals surface area contributed by atoms with Gasteiger partial charge in [-0.1, -0.05) is 13.8 Å². The molecule has 0 aliphatic heterocycles. The molecule has 0 saturated heterocycles. The van der Waals surface area contributed by atoms with Gasteiger partial charge in [0.2, 0.25) is 0 Å². The van der Waals surface area contributed by atoms with Crippen LogP contribution in [0.1, 0.15) is 55.7 Å². The van der Waals surface area contributed by atoms with Crippen molar-refractivity contribution in [2.45, 2.75) is 57.5 Å². The largest absolute Gasteiger partial charge is 0.458 e. The molecule has 118 valence electrons. The number of carbonyl (C=O) groups excluding carboxylic acids is 1. The zero-order valence-electron chi connectivity index (χ0n) is 12.3. The van der Waals surface area contributed by atoms with Gasteiger partial charge in [0.1, 0.15) is 11.0 Å². The Hall–Kier alpha value is -1.08. The second kappa shape index (κ2) is 5.61. The standard InChI is InChI=1S/C13H19ClN2O4S/c1-8-11(21(14,18)19)10(16-15-8)12(17)20-9-4-6-13(2,3)7-5-9/h9H,4-7H2,1-3H3,(H,15,16). The Morgan fingerprint density at radius 3 is 2.48 bits per heavy atom. The fourth-order valence-electron chi connectivity index (χ4n) is 2.55. The van der Waals surface area contributed by atoms with Crippen molar-refractivity contribution in [3.63, 3.8) is 0 Å². The number of rotatable bonds is 3. The van der Waals surface area contributed by atoms with Crippen molar-refractivity contribution in [3.8, 4) is 0 Å². The monoisotopic (exact) mass is 334 g/mol. The summed E-state index contributed by atoms with van der Waals surface area (Å²) >= 11 is 0. The van der Waals surface area contributed by atoms with Crippen LogP contribution in [-0.4, -0.2) is 30.7 Å². The Morgan fingerprint density at radius 1 is 1.38 bits per heavy atom. The molecule has 8 heteroatoms. The van der Waals surface area contributed by atoms with Gasteiger partial charge < -0.3 is 4.74 Å². The molecule has 1 aliphatic carbocycles. The molecule has 6 nitrogen and oxygen atoms in total. The van der Waals surface area contributed by atoms with Gasteiger partial charge >= 0.3 is 5.97 Å². The highest BCUT2D eigenvalue weighted by Gasteiger charge is 2.32. The highest BCUT2D eigenvalue weighted by Crippen LogP contribution is 2.36. The quantitative estimate of drug-likeness (QED) is 0.678. The molecule has 1 fully saturated rings. The maximum atomic E-state index is 12.1. The van der Waals surface area contributed by atoms with E-state index in [-0.39, 0.29) is 27.8 Å². The van der Waals surface area contributed by atoms with E-state index in [4.69, 9.17) is 15.4 Å². The molecule has 21 heavy (non-hydrogen) atoms. The summed E-state index contributed by atoms with van der Waals surface area (Å²) in [4.78, 5) is 11.8. The third-order valence-corrected chi connectivity index (χ3v) is 5.34. The van der Waals surface area contributed by atoms with Gasteiger partial charge in [-0.05, 0) is 38.0 Å². The molecule has 0 radical (unpaired) electrons. The van der Waals surface area contributed by atoms with Crippen LogP contribution in [0.3, 0.4) is 0 Å². The van der Waals surface area contributed by atoms with Crippen molar-refractivity contribution >= 4 is 25.7 Å². The van der Waals surface area contributed by atoms with Crippen LogP contribution in [0.4, 0.5) is 0 Å². The lowest BCUT2D eigenvalue weighted by atomic mass is 9.76. The average molecular weight is 335 g/mol. The molecule has 0 spiro atoms. The average Bonchev–Trinajstić information content (AvgIpc) is 2.74. The number of esters is 1. The van der Waals surface area contributed by atoms with Crippen molar-refractivity contribution in [2.24, 2.45) is 5.41 Å². The van der Waals surface area contributed by atoms with Crippen LogP contribution >= 0.6 is 10.7 Å². The second-order valence-electron chi connectivity index (χ2n) is 6.23. The van der Waals surface area contributed by atoms with Gasteiger partial charge in [0.05, 0.1) is 5.69 Å². The Balaban J connectivity index is 2.12. The molecule has 1 heterocycles. The zero-order chi connectivity index (χ0) is 15.8. The predicted molar refractivity (Wildman–Crippen MR) is 77.8 cm³/mol. The predicted octanol–water partition coefficient (Wildman–Crippen LogP) is 2.77. The minimum absolute atomic E-state index is 0.201. The Bertz CT molecular complexity index is 641. The highest BCUT2D eigenvalue weighted by molar-refractivity contribution is 8.13. The molecule has 0 atom stereocenters. The SMILES string of the molecule is Cc1[nH]nc(C(=O)OC2CCC(C)(C)CC2)c1S(=O)(=O)Cl. The Kier molecular flexibility index (Phi) is 4.35. The third-order valence-electron chi connectivity index (χ3n) is 3.89. The van der Waals surface area contributed by atoms with E-state index < -0.39 is 15.0 Å². The molecular formula is C13H19ClN2O4S. The topological polar surface area (TPSA) is 89.1 Å². The van der Waals surface area contributed by atoms with Gasteiger partial charge in [-0.2, -0.15) is 5.10 Å². The third kappa shape index (κ3) is 3.77. The van der Waals surface area contributed by atoms with Crippen molar-refractivity contribution in [1.82, 2.24) is 10.2 Å². The minimum Gasteiger partial charge on any atom is -0.458 e. The number of nitrogens with zero attached hydrogens (tertiary/aromatic N) is 1. The number of aryl methyl sites for hydroxylation is 1. The first-order valence-electron chi connectivity index (χ1n) is 6.81. The fraction of sp³-hybridized carbons (Fsp3) is 0.692. The molecule has 1 aromatic rings. The summed E-state index contributed by atoms with van der Waals surface area (Å²) in [6, 6.07) is 0. The lowest BCUT2D eigenvalue weighted by Crippen LogP contribution is -2.28. The summed E-state index contributed by atoms with van der Waals surface area (Å²) in [5.74, 6) is -0.747. The Morgan fingerprint density at radius 2 is 1.95 bits per heavy atom. The van der Waals surface area contributed by atoms with E-state index in [0.717, 1.165) is 25.7 Å². The first-order chi connectivity index (χ1) is 9.60. The van der Waals surface area contributed by atoms with E-state index in [1.807, 2.05) is 0 Å². The van der Waals surface area contributed by atoms with E-state index in [9.17, 15) is 13.2 Å². The van der Waals surface area contributed by atoms with E-state index >= 15 is 0 Å². The van der Waals surface area contributed by atoms with Gasteiger partial charge in [0.15, 0.2) is 5.69 Å². The molecule has 1 saturated carbocycles. The van der Waals surface area contributed by atoms with E-state index in [2.05, 4.69) is 24.0 Å². The van der Waals surface area contributed by atoms with Crippen LogP contribution in [0.25, 0.3) is 0 Å². The van der Waals surface area contributed by atoms with E-state index in [0.29, 0.717) is 0 Å². The molecule has 1 N–H and O–H groups in total. The molecule has 0 bridgehead atoms. The lowest BCUT2D eigenvalue weighted by molar-refractivity contribution is 0.00852. The second-order valence-corrected chi connectivity index (χ2v) is 8.74. The number of H-pyrrole nitrogens is 1. The zero-order valence-corrected chi connectivity index (χ0v) is 13.8. The molecule has 0 aromatic carbocycles. The first-order valence-corrected chi connectivity index (χ1v) is 9.12. The van der Waals surface area contributed by atoms with Crippen LogP contribution in [-0.2, 0) is 13.8 Å². The number of carbonyl (C=O) groups is 1. The highest BCUT2D eigenvalue weighted by atomic mass is 35.7. The van der Waals surface area contributed by atoms with Crippen LogP contribution in [0.5, 0.6) is 0 Å². The van der Waals surface area contributed by atoms with Gasteiger partial charge in [0, 0.05) is 10.7 Å². The van der Waals surface area contributed by atoms with Gasteiger partial charge in [-0.3, -0.25) is 5.10 Å². The van der Waals surface area contributed by atoms with Crippen molar-refractivity contribution in [3.05, 3.63) is 11.4 Å². The molecular weight excluding hydrogens is 316 g/mol. The van der Waals surface area contributed by atoms with Gasteiger partial charge in [0.25, 0.3) is 9.05 Å². The molecule has 0 amide bonds. The molecule has 1 aromatic heterocycles. The normalized spacial score (nSPS) is 19.4. The molecule has 2 rings (SSSR count). The maximum Gasteiger partial charge on any atom is 0.360 e. The lowest BCUT2D eigenvalue weighted by Gasteiger charge is -2.33. The smallest absolute Gasteiger partial charge is 0.360 e. The molecule has 0 unspecified atom stereocenters. The minimum atomic E-state index is -4.05. The van der Waals surface area contributed by atoms with Crippen LogP contribution < -0.4 is 0 Å². The number of hydrogen-bond donors (Lipinski definition) is 1. The number of ether oxygens (including phenoxy) is 1. The molecule has 1 aliphatic rings. The number of halogens is 1. The number of aromatic amines is 1. The fourth-order valence-corrected chi connectivity index (χ4v) is 3.89. The van der Waals surface area contributed by atoms with Crippen molar-refractivity contribution in [2.75, 3.05) is 0 Å². The number of nitrogens with one attached hydrogen (secondary N) is 1.